The summed E-state index contributed by atoms with van der Waals surface area (Å²) in [6.45, 7) is 7.37. The maximum atomic E-state index is 5.87. The molecule has 1 heterocycles. The van der Waals surface area contributed by atoms with Crippen LogP contribution in [0.4, 0.5) is 5.82 Å². The van der Waals surface area contributed by atoms with Crippen LogP contribution in [0.2, 0.25) is 5.15 Å². The highest BCUT2D eigenvalue weighted by molar-refractivity contribution is 6.29. The van der Waals surface area contributed by atoms with E-state index < -0.39 is 0 Å². The molecule has 0 atom stereocenters. The molecule has 88 valence electrons. The molecule has 0 radical (unpaired) electrons. The third-order valence-electron chi connectivity index (χ3n) is 1.83. The van der Waals surface area contributed by atoms with Crippen molar-refractivity contribution < 1.29 is 4.74 Å². The molecule has 4 nitrogen and oxygen atoms in total. The standard InChI is InChI=1S/C11H16ClN3O/c1-3-5-6-13-10-7-9(12)14-11(15-10)8-16-4-2/h3,7H,1,4-6,8H2,2H3,(H,13,14,15). The Kier molecular flexibility index (Phi) is 5.82. The van der Waals surface area contributed by atoms with Crippen molar-refractivity contribution >= 4 is 17.4 Å². The van der Waals surface area contributed by atoms with E-state index >= 15 is 0 Å². The molecule has 0 amide bonds. The number of nitrogens with one attached hydrogen (secondary N) is 1. The molecule has 0 unspecified atom stereocenters. The van der Waals surface area contributed by atoms with Gasteiger partial charge in [0.15, 0.2) is 5.82 Å². The molecule has 0 bridgehead atoms. The Morgan fingerprint density at radius 3 is 3.06 bits per heavy atom. The number of rotatable bonds is 7. The Morgan fingerprint density at radius 2 is 2.38 bits per heavy atom. The van der Waals surface area contributed by atoms with E-state index in [1.54, 1.807) is 6.07 Å². The van der Waals surface area contributed by atoms with Crippen LogP contribution in [-0.2, 0) is 11.3 Å². The molecule has 5 heteroatoms. The van der Waals surface area contributed by atoms with Crippen LogP contribution >= 0.6 is 11.6 Å². The zero-order valence-electron chi connectivity index (χ0n) is 9.37. The smallest absolute Gasteiger partial charge is 0.158 e. The SMILES string of the molecule is C=CCCNc1cc(Cl)nc(COCC)n1. The molecular weight excluding hydrogens is 226 g/mol. The Bertz CT molecular complexity index is 344. The van der Waals surface area contributed by atoms with E-state index in [4.69, 9.17) is 16.3 Å². The van der Waals surface area contributed by atoms with E-state index in [2.05, 4.69) is 21.9 Å². The summed E-state index contributed by atoms with van der Waals surface area (Å²) >= 11 is 5.87. The minimum Gasteiger partial charge on any atom is -0.374 e. The first kappa shape index (κ1) is 12.9. The van der Waals surface area contributed by atoms with E-state index in [0.29, 0.717) is 24.2 Å². The summed E-state index contributed by atoms with van der Waals surface area (Å²) in [4.78, 5) is 8.35. The fraction of sp³-hybridized carbons (Fsp3) is 0.455. The van der Waals surface area contributed by atoms with Crippen LogP contribution in [0.1, 0.15) is 19.2 Å². The van der Waals surface area contributed by atoms with Crippen molar-refractivity contribution in [1.82, 2.24) is 9.97 Å². The number of hydrogen-bond acceptors (Lipinski definition) is 4. The van der Waals surface area contributed by atoms with Crippen LogP contribution in [-0.4, -0.2) is 23.1 Å². The summed E-state index contributed by atoms with van der Waals surface area (Å²) < 4.78 is 5.23. The summed E-state index contributed by atoms with van der Waals surface area (Å²) in [6.07, 6.45) is 2.72. The number of aromatic nitrogens is 2. The highest BCUT2D eigenvalue weighted by Crippen LogP contribution is 2.12. The number of nitrogens with zero attached hydrogens (tertiary/aromatic N) is 2. The highest BCUT2D eigenvalue weighted by atomic mass is 35.5. The normalized spacial score (nSPS) is 10.1. The molecule has 0 spiro atoms. The Labute approximate surface area is 101 Å². The fourth-order valence-corrected chi connectivity index (χ4v) is 1.32. The highest BCUT2D eigenvalue weighted by Gasteiger charge is 2.02. The van der Waals surface area contributed by atoms with E-state index in [1.807, 2.05) is 13.0 Å². The molecule has 1 aromatic heterocycles. The van der Waals surface area contributed by atoms with Gasteiger partial charge < -0.3 is 10.1 Å². The minimum absolute atomic E-state index is 0.382. The summed E-state index contributed by atoms with van der Waals surface area (Å²) in [5.74, 6) is 1.31. The average molecular weight is 242 g/mol. The topological polar surface area (TPSA) is 47.0 Å². The van der Waals surface area contributed by atoms with Crippen LogP contribution in [0, 0.1) is 0 Å². The molecule has 1 N–H and O–H groups in total. The maximum Gasteiger partial charge on any atom is 0.158 e. The van der Waals surface area contributed by atoms with Crippen molar-refractivity contribution in [3.05, 3.63) is 29.7 Å². The van der Waals surface area contributed by atoms with Gasteiger partial charge in [0, 0.05) is 19.2 Å². The van der Waals surface area contributed by atoms with Gasteiger partial charge in [-0.2, -0.15) is 0 Å². The zero-order valence-corrected chi connectivity index (χ0v) is 10.1. The molecule has 0 aliphatic rings. The van der Waals surface area contributed by atoms with Crippen LogP contribution in [0.25, 0.3) is 0 Å². The monoisotopic (exact) mass is 241 g/mol. The van der Waals surface area contributed by atoms with Crippen molar-refractivity contribution in [1.29, 1.82) is 0 Å². The lowest BCUT2D eigenvalue weighted by atomic mass is 10.4. The molecule has 0 aromatic carbocycles. The van der Waals surface area contributed by atoms with Crippen LogP contribution in [0.3, 0.4) is 0 Å². The van der Waals surface area contributed by atoms with Crippen molar-refractivity contribution in [3.8, 4) is 0 Å². The second kappa shape index (κ2) is 7.19. The largest absolute Gasteiger partial charge is 0.374 e. The quantitative estimate of drug-likeness (QED) is 0.453. The summed E-state index contributed by atoms with van der Waals surface area (Å²) in [7, 11) is 0. The van der Waals surface area contributed by atoms with Gasteiger partial charge in [0.05, 0.1) is 0 Å². The third kappa shape index (κ3) is 4.59. The molecule has 0 fully saturated rings. The Balaban J connectivity index is 2.61. The van der Waals surface area contributed by atoms with Gasteiger partial charge in [0.2, 0.25) is 0 Å². The van der Waals surface area contributed by atoms with Gasteiger partial charge in [-0.05, 0) is 13.3 Å². The predicted octanol–water partition coefficient (Wildman–Crippen LogP) is 2.65. The number of hydrogen-bond donors (Lipinski definition) is 1. The second-order valence-corrected chi connectivity index (χ2v) is 3.52. The number of anilines is 1. The van der Waals surface area contributed by atoms with E-state index in [0.717, 1.165) is 18.8 Å². The predicted molar refractivity (Wildman–Crippen MR) is 65.7 cm³/mol. The lowest BCUT2D eigenvalue weighted by Gasteiger charge is -2.06. The van der Waals surface area contributed by atoms with Gasteiger partial charge in [-0.1, -0.05) is 17.7 Å². The van der Waals surface area contributed by atoms with Crippen molar-refractivity contribution in [2.24, 2.45) is 0 Å². The summed E-state index contributed by atoms with van der Waals surface area (Å²) in [6, 6.07) is 1.69. The van der Waals surface area contributed by atoms with Gasteiger partial charge in [-0.15, -0.1) is 6.58 Å². The Morgan fingerprint density at radius 1 is 1.56 bits per heavy atom. The van der Waals surface area contributed by atoms with Gasteiger partial charge in [0.1, 0.15) is 17.6 Å². The molecule has 1 aromatic rings. The second-order valence-electron chi connectivity index (χ2n) is 3.13. The van der Waals surface area contributed by atoms with E-state index in [1.165, 1.54) is 0 Å². The molecule has 0 aliphatic heterocycles. The number of ether oxygens (including phenoxy) is 1. The first-order chi connectivity index (χ1) is 7.76. The fourth-order valence-electron chi connectivity index (χ4n) is 1.12. The molecular formula is C11H16ClN3O. The molecule has 16 heavy (non-hydrogen) atoms. The van der Waals surface area contributed by atoms with E-state index in [9.17, 15) is 0 Å². The zero-order chi connectivity index (χ0) is 11.8. The van der Waals surface area contributed by atoms with Crippen molar-refractivity contribution in [3.63, 3.8) is 0 Å². The van der Waals surface area contributed by atoms with E-state index in [-0.39, 0.29) is 0 Å². The molecule has 0 saturated carbocycles. The first-order valence-electron chi connectivity index (χ1n) is 5.22. The van der Waals surface area contributed by atoms with Gasteiger partial charge in [0.25, 0.3) is 0 Å². The lowest BCUT2D eigenvalue weighted by molar-refractivity contribution is 0.128. The van der Waals surface area contributed by atoms with Gasteiger partial charge in [-0.3, -0.25) is 0 Å². The molecule has 1 rings (SSSR count). The minimum atomic E-state index is 0.382. The van der Waals surface area contributed by atoms with Crippen LogP contribution in [0.5, 0.6) is 0 Å². The number of halogens is 1. The van der Waals surface area contributed by atoms with Gasteiger partial charge in [-0.25, -0.2) is 9.97 Å². The maximum absolute atomic E-state index is 5.87. The molecule has 0 saturated heterocycles. The van der Waals surface area contributed by atoms with Crippen molar-refractivity contribution in [2.45, 2.75) is 20.0 Å². The lowest BCUT2D eigenvalue weighted by Crippen LogP contribution is -2.06. The average Bonchev–Trinajstić information content (AvgIpc) is 2.26. The summed E-state index contributed by atoms with van der Waals surface area (Å²) in [5.41, 5.74) is 0. The first-order valence-corrected chi connectivity index (χ1v) is 5.60. The summed E-state index contributed by atoms with van der Waals surface area (Å²) in [5, 5.41) is 3.56. The third-order valence-corrected chi connectivity index (χ3v) is 2.02. The Hall–Kier alpha value is -1.13. The molecule has 0 aliphatic carbocycles. The van der Waals surface area contributed by atoms with Crippen LogP contribution in [0.15, 0.2) is 18.7 Å². The van der Waals surface area contributed by atoms with Crippen molar-refractivity contribution in [2.75, 3.05) is 18.5 Å². The van der Waals surface area contributed by atoms with Crippen LogP contribution < -0.4 is 5.32 Å². The van der Waals surface area contributed by atoms with Gasteiger partial charge >= 0.3 is 0 Å².